The lowest BCUT2D eigenvalue weighted by Gasteiger charge is -2.26. The number of carbonyl (C=O) groups excluding carboxylic acids is 1. The molecule has 0 saturated carbocycles. The molecule has 21 heavy (non-hydrogen) atoms. The van der Waals surface area contributed by atoms with Crippen molar-refractivity contribution in [3.8, 4) is 0 Å². The number of urea groups is 1. The summed E-state index contributed by atoms with van der Waals surface area (Å²) in [6.07, 6.45) is 7.36. The monoisotopic (exact) mass is 308 g/mol. The smallest absolute Gasteiger partial charge is 0.321 e. The van der Waals surface area contributed by atoms with Gasteiger partial charge in [-0.3, -0.25) is 0 Å². The van der Waals surface area contributed by atoms with Gasteiger partial charge in [-0.05, 0) is 23.6 Å². The van der Waals surface area contributed by atoms with Gasteiger partial charge in [-0.25, -0.2) is 4.79 Å². The van der Waals surface area contributed by atoms with Crippen LogP contribution in [0.5, 0.6) is 0 Å². The Bertz CT molecular complexity index is 490. The molecular formula is C17H25ClN2O. The molecule has 0 saturated heterocycles. The first-order valence-corrected chi connectivity index (χ1v) is 8.34. The summed E-state index contributed by atoms with van der Waals surface area (Å²) in [7, 11) is 1.80. The Labute approximate surface area is 132 Å². The number of carbonyl (C=O) groups is 1. The van der Waals surface area contributed by atoms with E-state index in [4.69, 9.17) is 11.6 Å². The molecule has 0 aromatic heterocycles. The molecule has 1 aliphatic rings. The van der Waals surface area contributed by atoms with Gasteiger partial charge < -0.3 is 10.2 Å². The summed E-state index contributed by atoms with van der Waals surface area (Å²) >= 11 is 6.53. The highest BCUT2D eigenvalue weighted by Gasteiger charge is 2.20. The molecule has 1 atom stereocenters. The van der Waals surface area contributed by atoms with Crippen molar-refractivity contribution in [2.24, 2.45) is 0 Å². The van der Waals surface area contributed by atoms with Gasteiger partial charge in [-0.2, -0.15) is 0 Å². The molecule has 1 N–H and O–H groups in total. The minimum atomic E-state index is -0.0476. The van der Waals surface area contributed by atoms with Crippen molar-refractivity contribution in [2.45, 2.75) is 57.4 Å². The molecular weight excluding hydrogens is 284 g/mol. The summed E-state index contributed by atoms with van der Waals surface area (Å²) in [6, 6.07) is 6.10. The summed E-state index contributed by atoms with van der Waals surface area (Å²) in [5.41, 5.74) is 3.22. The van der Waals surface area contributed by atoms with Crippen molar-refractivity contribution in [1.82, 2.24) is 4.90 Å². The third-order valence-electron chi connectivity index (χ3n) is 4.05. The van der Waals surface area contributed by atoms with Crippen molar-refractivity contribution < 1.29 is 4.79 Å². The van der Waals surface area contributed by atoms with E-state index in [1.807, 2.05) is 12.1 Å². The normalized spacial score (nSPS) is 15.6. The lowest BCUT2D eigenvalue weighted by atomic mass is 10.0. The summed E-state index contributed by atoms with van der Waals surface area (Å²) in [5, 5.41) is 2.96. The average molecular weight is 309 g/mol. The lowest BCUT2D eigenvalue weighted by molar-refractivity contribution is 0.218. The molecule has 0 fully saturated rings. The standard InChI is InChI=1S/C17H25ClN2O/c1-3-4-5-6-7-8-15(18)13-9-10-16-14(11-13)12-20(2)17(21)19-16/h9-11,15H,3-8,12H2,1-2H3,(H,19,21). The highest BCUT2D eigenvalue weighted by molar-refractivity contribution is 6.20. The first-order valence-electron chi connectivity index (χ1n) is 7.91. The van der Waals surface area contributed by atoms with Gasteiger partial charge in [0, 0.05) is 19.3 Å². The van der Waals surface area contributed by atoms with Crippen molar-refractivity contribution >= 4 is 23.3 Å². The Balaban J connectivity index is 1.92. The molecule has 2 amide bonds. The molecule has 3 nitrogen and oxygen atoms in total. The second-order valence-electron chi connectivity index (χ2n) is 5.87. The molecule has 0 aliphatic carbocycles. The number of halogens is 1. The Kier molecular flexibility index (Phi) is 5.92. The predicted octanol–water partition coefficient (Wildman–Crippen LogP) is 5.30. The molecule has 0 spiro atoms. The molecule has 1 unspecified atom stereocenters. The van der Waals surface area contributed by atoms with E-state index < -0.39 is 0 Å². The van der Waals surface area contributed by atoms with Crippen LogP contribution >= 0.6 is 11.6 Å². The summed E-state index contributed by atoms with van der Waals surface area (Å²) in [5.74, 6) is 0. The van der Waals surface area contributed by atoms with Gasteiger partial charge in [-0.1, -0.05) is 51.2 Å². The number of fused-ring (bicyclic) bond motifs is 1. The van der Waals surface area contributed by atoms with Gasteiger partial charge in [0.15, 0.2) is 0 Å². The molecule has 1 aromatic carbocycles. The van der Waals surface area contributed by atoms with Crippen LogP contribution in [0.25, 0.3) is 0 Å². The van der Waals surface area contributed by atoms with Crippen molar-refractivity contribution in [3.63, 3.8) is 0 Å². The molecule has 2 rings (SSSR count). The largest absolute Gasteiger partial charge is 0.323 e. The molecule has 1 heterocycles. The van der Waals surface area contributed by atoms with Crippen LogP contribution in [0.1, 0.15) is 62.0 Å². The predicted molar refractivity (Wildman–Crippen MR) is 88.9 cm³/mol. The van der Waals surface area contributed by atoms with E-state index in [-0.39, 0.29) is 11.4 Å². The molecule has 4 heteroatoms. The molecule has 1 aliphatic heterocycles. The maximum atomic E-state index is 11.6. The second-order valence-corrected chi connectivity index (χ2v) is 6.40. The molecule has 0 bridgehead atoms. The molecule has 116 valence electrons. The molecule has 0 radical (unpaired) electrons. The van der Waals surface area contributed by atoms with Crippen LogP contribution in [0, 0.1) is 0 Å². The van der Waals surface area contributed by atoms with Crippen LogP contribution in [0.3, 0.4) is 0 Å². The lowest BCUT2D eigenvalue weighted by Crippen LogP contribution is -2.35. The Hall–Kier alpha value is -1.22. The van der Waals surface area contributed by atoms with Gasteiger partial charge in [0.1, 0.15) is 0 Å². The number of rotatable bonds is 7. The minimum absolute atomic E-state index is 0.0476. The minimum Gasteiger partial charge on any atom is -0.323 e. The number of nitrogens with zero attached hydrogens (tertiary/aromatic N) is 1. The highest BCUT2D eigenvalue weighted by atomic mass is 35.5. The Morgan fingerprint density at radius 1 is 1.29 bits per heavy atom. The fourth-order valence-corrected chi connectivity index (χ4v) is 2.98. The van der Waals surface area contributed by atoms with E-state index >= 15 is 0 Å². The van der Waals surface area contributed by atoms with Gasteiger partial charge in [-0.15, -0.1) is 11.6 Å². The van der Waals surface area contributed by atoms with E-state index in [0.717, 1.165) is 23.2 Å². The zero-order valence-electron chi connectivity index (χ0n) is 13.0. The molecule has 1 aromatic rings. The number of hydrogen-bond donors (Lipinski definition) is 1. The zero-order valence-corrected chi connectivity index (χ0v) is 13.7. The van der Waals surface area contributed by atoms with Crippen LogP contribution in [-0.2, 0) is 6.54 Å². The van der Waals surface area contributed by atoms with Crippen LogP contribution in [0.15, 0.2) is 18.2 Å². The number of benzene rings is 1. The van der Waals surface area contributed by atoms with Crippen LogP contribution < -0.4 is 5.32 Å². The van der Waals surface area contributed by atoms with Crippen LogP contribution in [0.2, 0.25) is 0 Å². The third kappa shape index (κ3) is 4.37. The first kappa shape index (κ1) is 16.2. The maximum absolute atomic E-state index is 11.6. The van der Waals surface area contributed by atoms with E-state index in [0.29, 0.717) is 6.54 Å². The van der Waals surface area contributed by atoms with Gasteiger partial charge in [0.25, 0.3) is 0 Å². The van der Waals surface area contributed by atoms with E-state index in [1.165, 1.54) is 32.1 Å². The van der Waals surface area contributed by atoms with E-state index in [9.17, 15) is 4.79 Å². The second kappa shape index (κ2) is 7.69. The van der Waals surface area contributed by atoms with Gasteiger partial charge in [0.05, 0.1) is 5.38 Å². The SMILES string of the molecule is CCCCCCCC(Cl)c1ccc2c(c1)CN(C)C(=O)N2. The number of hydrogen-bond acceptors (Lipinski definition) is 1. The number of unbranched alkanes of at least 4 members (excludes halogenated alkanes) is 4. The first-order chi connectivity index (χ1) is 10.1. The van der Waals surface area contributed by atoms with Gasteiger partial charge in [0.2, 0.25) is 0 Å². The van der Waals surface area contributed by atoms with E-state index in [1.54, 1.807) is 11.9 Å². The third-order valence-corrected chi connectivity index (χ3v) is 4.52. The maximum Gasteiger partial charge on any atom is 0.321 e. The van der Waals surface area contributed by atoms with Crippen molar-refractivity contribution in [3.05, 3.63) is 29.3 Å². The van der Waals surface area contributed by atoms with Crippen LogP contribution in [-0.4, -0.2) is 18.0 Å². The zero-order chi connectivity index (χ0) is 15.2. The topological polar surface area (TPSA) is 32.3 Å². The quantitative estimate of drug-likeness (QED) is 0.537. The highest BCUT2D eigenvalue weighted by Crippen LogP contribution is 2.31. The van der Waals surface area contributed by atoms with Crippen LogP contribution in [0.4, 0.5) is 10.5 Å². The Morgan fingerprint density at radius 3 is 2.81 bits per heavy atom. The fraction of sp³-hybridized carbons (Fsp3) is 0.588. The summed E-state index contributed by atoms with van der Waals surface area (Å²) in [6.45, 7) is 2.88. The van der Waals surface area contributed by atoms with Gasteiger partial charge >= 0.3 is 6.03 Å². The number of anilines is 1. The Morgan fingerprint density at radius 2 is 2.05 bits per heavy atom. The summed E-state index contributed by atoms with van der Waals surface area (Å²) < 4.78 is 0. The van der Waals surface area contributed by atoms with Crippen molar-refractivity contribution in [2.75, 3.05) is 12.4 Å². The number of amides is 2. The number of nitrogens with one attached hydrogen (secondary N) is 1. The average Bonchev–Trinajstić information content (AvgIpc) is 2.47. The fourth-order valence-electron chi connectivity index (χ4n) is 2.69. The summed E-state index contributed by atoms with van der Waals surface area (Å²) in [4.78, 5) is 13.3. The van der Waals surface area contributed by atoms with Crippen molar-refractivity contribution in [1.29, 1.82) is 0 Å². The van der Waals surface area contributed by atoms with E-state index in [2.05, 4.69) is 18.3 Å². The number of alkyl halides is 1.